The van der Waals surface area contributed by atoms with Gasteiger partial charge in [-0.05, 0) is 18.2 Å². The highest BCUT2D eigenvalue weighted by Gasteiger charge is 2.05. The van der Waals surface area contributed by atoms with E-state index in [-0.39, 0.29) is 5.82 Å². The summed E-state index contributed by atoms with van der Waals surface area (Å²) in [7, 11) is 0. The number of nitrogen functional groups attached to an aromatic ring is 1. The van der Waals surface area contributed by atoms with Crippen molar-refractivity contribution >= 4 is 16.7 Å². The maximum atomic E-state index is 13.0. The Morgan fingerprint density at radius 2 is 2.29 bits per heavy atom. The Hall–Kier alpha value is -2.37. The van der Waals surface area contributed by atoms with E-state index in [1.807, 2.05) is 0 Å². The van der Waals surface area contributed by atoms with E-state index in [0.29, 0.717) is 23.6 Å². The second-order valence-electron chi connectivity index (χ2n) is 3.82. The molecule has 0 atom stereocenters. The lowest BCUT2D eigenvalue weighted by molar-refractivity contribution is 0.629. The molecule has 3 rings (SSSR count). The van der Waals surface area contributed by atoms with E-state index in [1.165, 1.54) is 12.1 Å². The van der Waals surface area contributed by atoms with E-state index < -0.39 is 0 Å². The van der Waals surface area contributed by atoms with Gasteiger partial charge in [-0.15, -0.1) is 0 Å². The lowest BCUT2D eigenvalue weighted by Crippen LogP contribution is -2.01. The molecule has 17 heavy (non-hydrogen) atoms. The number of aromatic nitrogens is 4. The number of aromatic amines is 1. The molecular formula is C11H10FN5. The molecular weight excluding hydrogens is 221 g/mol. The number of halogens is 1. The van der Waals surface area contributed by atoms with Gasteiger partial charge in [-0.2, -0.15) is 5.10 Å². The molecule has 0 amide bonds. The van der Waals surface area contributed by atoms with E-state index in [1.54, 1.807) is 23.1 Å². The lowest BCUT2D eigenvalue weighted by atomic mass is 10.3. The second-order valence-corrected chi connectivity index (χ2v) is 3.82. The van der Waals surface area contributed by atoms with Crippen LogP contribution < -0.4 is 5.73 Å². The molecule has 1 aromatic carbocycles. The summed E-state index contributed by atoms with van der Waals surface area (Å²) in [5, 5.41) is 4.06. The minimum atomic E-state index is -0.281. The molecule has 0 aliphatic carbocycles. The number of anilines is 1. The highest BCUT2D eigenvalue weighted by molar-refractivity contribution is 5.74. The Labute approximate surface area is 96.1 Å². The number of rotatable bonds is 2. The normalized spacial score (nSPS) is 11.1. The van der Waals surface area contributed by atoms with E-state index in [4.69, 9.17) is 5.73 Å². The van der Waals surface area contributed by atoms with Gasteiger partial charge in [0, 0.05) is 6.20 Å². The number of nitrogens with two attached hydrogens (primary N) is 1. The topological polar surface area (TPSA) is 72.5 Å². The lowest BCUT2D eigenvalue weighted by Gasteiger charge is -1.95. The van der Waals surface area contributed by atoms with Gasteiger partial charge in [-0.3, -0.25) is 4.68 Å². The number of imidazole rings is 1. The van der Waals surface area contributed by atoms with Crippen molar-refractivity contribution < 1.29 is 4.39 Å². The van der Waals surface area contributed by atoms with Gasteiger partial charge < -0.3 is 10.7 Å². The van der Waals surface area contributed by atoms with Crippen LogP contribution in [0.4, 0.5) is 10.1 Å². The van der Waals surface area contributed by atoms with E-state index in [2.05, 4.69) is 15.1 Å². The second kappa shape index (κ2) is 3.58. The number of benzene rings is 1. The quantitative estimate of drug-likeness (QED) is 0.702. The molecule has 3 aromatic rings. The molecule has 2 heterocycles. The number of nitrogens with zero attached hydrogens (tertiary/aromatic N) is 3. The zero-order valence-corrected chi connectivity index (χ0v) is 8.89. The Balaban J connectivity index is 1.95. The minimum Gasteiger partial charge on any atom is -0.396 e. The summed E-state index contributed by atoms with van der Waals surface area (Å²) in [6.07, 6.45) is 3.29. The largest absolute Gasteiger partial charge is 0.396 e. The summed E-state index contributed by atoms with van der Waals surface area (Å²) in [5.41, 5.74) is 7.59. The highest BCUT2D eigenvalue weighted by Crippen LogP contribution is 2.13. The molecule has 3 N–H and O–H groups in total. The average Bonchev–Trinajstić information content (AvgIpc) is 2.84. The average molecular weight is 231 g/mol. The molecule has 0 spiro atoms. The summed E-state index contributed by atoms with van der Waals surface area (Å²) in [4.78, 5) is 7.38. The van der Waals surface area contributed by atoms with Crippen molar-refractivity contribution in [2.24, 2.45) is 0 Å². The van der Waals surface area contributed by atoms with Crippen LogP contribution in [0.25, 0.3) is 11.0 Å². The van der Waals surface area contributed by atoms with Crippen LogP contribution >= 0.6 is 0 Å². The Morgan fingerprint density at radius 1 is 1.41 bits per heavy atom. The first-order valence-electron chi connectivity index (χ1n) is 5.13. The first kappa shape index (κ1) is 9.83. The smallest absolute Gasteiger partial charge is 0.129 e. The molecule has 0 bridgehead atoms. The first-order chi connectivity index (χ1) is 8.20. The Bertz CT molecular complexity index is 669. The van der Waals surface area contributed by atoms with Crippen molar-refractivity contribution in [3.05, 3.63) is 42.2 Å². The van der Waals surface area contributed by atoms with Crippen LogP contribution in [0.3, 0.4) is 0 Å². The van der Waals surface area contributed by atoms with Crippen LogP contribution in [-0.2, 0) is 6.54 Å². The van der Waals surface area contributed by atoms with E-state index >= 15 is 0 Å². The molecule has 6 heteroatoms. The number of H-pyrrole nitrogens is 1. The number of hydrogen-bond donors (Lipinski definition) is 2. The highest BCUT2D eigenvalue weighted by atomic mass is 19.1. The molecule has 2 aromatic heterocycles. The predicted molar refractivity (Wildman–Crippen MR) is 61.8 cm³/mol. The molecule has 0 unspecified atom stereocenters. The van der Waals surface area contributed by atoms with Gasteiger partial charge in [0.2, 0.25) is 0 Å². The molecule has 0 saturated heterocycles. The van der Waals surface area contributed by atoms with Crippen molar-refractivity contribution in [2.45, 2.75) is 6.54 Å². The third kappa shape index (κ3) is 1.84. The van der Waals surface area contributed by atoms with Gasteiger partial charge in [-0.1, -0.05) is 0 Å². The summed E-state index contributed by atoms with van der Waals surface area (Å²) >= 11 is 0. The summed E-state index contributed by atoms with van der Waals surface area (Å²) < 4.78 is 14.7. The van der Waals surface area contributed by atoms with Crippen LogP contribution in [-0.4, -0.2) is 19.7 Å². The number of fused-ring (bicyclic) bond motifs is 1. The minimum absolute atomic E-state index is 0.281. The van der Waals surface area contributed by atoms with Gasteiger partial charge in [0.15, 0.2) is 0 Å². The van der Waals surface area contributed by atoms with Gasteiger partial charge in [0.25, 0.3) is 0 Å². The van der Waals surface area contributed by atoms with Gasteiger partial charge >= 0.3 is 0 Å². The molecule has 5 nitrogen and oxygen atoms in total. The fourth-order valence-electron chi connectivity index (χ4n) is 1.73. The zero-order valence-electron chi connectivity index (χ0n) is 8.89. The van der Waals surface area contributed by atoms with Crippen molar-refractivity contribution in [3.63, 3.8) is 0 Å². The van der Waals surface area contributed by atoms with Gasteiger partial charge in [-0.25, -0.2) is 9.37 Å². The van der Waals surface area contributed by atoms with Crippen LogP contribution in [0.5, 0.6) is 0 Å². The van der Waals surface area contributed by atoms with Crippen LogP contribution in [0.1, 0.15) is 5.82 Å². The molecule has 0 aliphatic rings. The van der Waals surface area contributed by atoms with Crippen molar-refractivity contribution in [2.75, 3.05) is 5.73 Å². The Kier molecular flexibility index (Phi) is 2.07. The molecule has 0 saturated carbocycles. The third-order valence-corrected chi connectivity index (χ3v) is 2.46. The molecule has 86 valence electrons. The SMILES string of the molecule is Nc1cnn(Cc2nc3ccc(F)cc3[nH]2)c1. The van der Waals surface area contributed by atoms with Crippen LogP contribution in [0, 0.1) is 5.82 Å². The standard InChI is InChI=1S/C11H10FN5/c12-7-1-2-9-10(3-7)16-11(15-9)6-17-5-8(13)4-14-17/h1-5H,6,13H2,(H,15,16). The fraction of sp³-hybridized carbons (Fsp3) is 0.0909. The van der Waals surface area contributed by atoms with Crippen molar-refractivity contribution in [1.82, 2.24) is 19.7 Å². The Morgan fingerprint density at radius 3 is 3.06 bits per heavy atom. The monoisotopic (exact) mass is 231 g/mol. The first-order valence-corrected chi connectivity index (χ1v) is 5.13. The molecule has 0 fully saturated rings. The van der Waals surface area contributed by atoms with Gasteiger partial charge in [0.1, 0.15) is 11.6 Å². The number of nitrogens with one attached hydrogen (secondary N) is 1. The maximum absolute atomic E-state index is 13.0. The number of hydrogen-bond acceptors (Lipinski definition) is 3. The van der Waals surface area contributed by atoms with E-state index in [9.17, 15) is 4.39 Å². The van der Waals surface area contributed by atoms with Crippen molar-refractivity contribution in [3.8, 4) is 0 Å². The molecule has 0 radical (unpaired) electrons. The fourth-order valence-corrected chi connectivity index (χ4v) is 1.73. The third-order valence-electron chi connectivity index (χ3n) is 2.46. The van der Waals surface area contributed by atoms with Crippen molar-refractivity contribution in [1.29, 1.82) is 0 Å². The summed E-state index contributed by atoms with van der Waals surface area (Å²) in [5.74, 6) is 0.435. The summed E-state index contributed by atoms with van der Waals surface area (Å²) in [6.45, 7) is 0.480. The van der Waals surface area contributed by atoms with Crippen LogP contribution in [0.15, 0.2) is 30.6 Å². The summed E-state index contributed by atoms with van der Waals surface area (Å²) in [6, 6.07) is 4.45. The van der Waals surface area contributed by atoms with Gasteiger partial charge in [0.05, 0.1) is 29.5 Å². The van der Waals surface area contributed by atoms with Crippen LogP contribution in [0.2, 0.25) is 0 Å². The maximum Gasteiger partial charge on any atom is 0.129 e. The molecule has 0 aliphatic heterocycles. The van der Waals surface area contributed by atoms with E-state index in [0.717, 1.165) is 5.52 Å². The predicted octanol–water partition coefficient (Wildman–Crippen LogP) is 1.53. The zero-order chi connectivity index (χ0) is 11.8.